The van der Waals surface area contributed by atoms with Gasteiger partial charge in [-0.25, -0.2) is 4.79 Å². The summed E-state index contributed by atoms with van der Waals surface area (Å²) in [4.78, 5) is 13.3. The van der Waals surface area contributed by atoms with Crippen LogP contribution in [0.4, 0.5) is 16.2 Å². The molecular weight excluding hydrogens is 190 g/mol. The van der Waals surface area contributed by atoms with Crippen LogP contribution in [0.2, 0.25) is 0 Å². The summed E-state index contributed by atoms with van der Waals surface area (Å²) in [6, 6.07) is 6.04. The fraction of sp³-hybridized carbons (Fsp3) is 0.364. The van der Waals surface area contributed by atoms with E-state index in [0.717, 1.165) is 24.3 Å². The van der Waals surface area contributed by atoms with E-state index >= 15 is 0 Å². The SMILES string of the molecule is CNC(=O)N1CCc2cc(NC)ccc21. The molecule has 2 rings (SSSR count). The van der Waals surface area contributed by atoms with Crippen molar-refractivity contribution in [3.8, 4) is 0 Å². The second-order valence-electron chi connectivity index (χ2n) is 3.55. The molecule has 2 amide bonds. The molecule has 1 heterocycles. The number of hydrogen-bond acceptors (Lipinski definition) is 2. The first-order valence-corrected chi connectivity index (χ1v) is 5.06. The number of anilines is 2. The van der Waals surface area contributed by atoms with Crippen LogP contribution < -0.4 is 15.5 Å². The van der Waals surface area contributed by atoms with E-state index in [4.69, 9.17) is 0 Å². The number of fused-ring (bicyclic) bond motifs is 1. The summed E-state index contributed by atoms with van der Waals surface area (Å²) in [5, 5.41) is 5.74. The van der Waals surface area contributed by atoms with E-state index in [1.54, 1.807) is 11.9 Å². The minimum atomic E-state index is -0.0362. The summed E-state index contributed by atoms with van der Waals surface area (Å²) >= 11 is 0. The van der Waals surface area contributed by atoms with E-state index in [0.29, 0.717) is 0 Å². The third-order valence-corrected chi connectivity index (χ3v) is 2.72. The molecule has 1 aliphatic rings. The molecule has 2 N–H and O–H groups in total. The molecule has 1 aromatic carbocycles. The molecule has 0 fully saturated rings. The largest absolute Gasteiger partial charge is 0.388 e. The van der Waals surface area contributed by atoms with Gasteiger partial charge >= 0.3 is 6.03 Å². The van der Waals surface area contributed by atoms with E-state index < -0.39 is 0 Å². The van der Waals surface area contributed by atoms with Gasteiger partial charge in [-0.3, -0.25) is 4.90 Å². The average Bonchev–Trinajstić information content (AvgIpc) is 2.70. The van der Waals surface area contributed by atoms with E-state index in [1.165, 1.54) is 5.56 Å². The van der Waals surface area contributed by atoms with Crippen molar-refractivity contribution in [2.75, 3.05) is 30.9 Å². The van der Waals surface area contributed by atoms with Crippen molar-refractivity contribution < 1.29 is 4.79 Å². The molecule has 0 aromatic heterocycles. The number of hydrogen-bond donors (Lipinski definition) is 2. The summed E-state index contributed by atoms with van der Waals surface area (Å²) in [7, 11) is 3.55. The molecule has 4 nitrogen and oxygen atoms in total. The Labute approximate surface area is 89.3 Å². The van der Waals surface area contributed by atoms with Gasteiger partial charge in [-0.1, -0.05) is 0 Å². The predicted octanol–water partition coefficient (Wildman–Crippen LogP) is 1.43. The minimum Gasteiger partial charge on any atom is -0.388 e. The third kappa shape index (κ3) is 1.63. The van der Waals surface area contributed by atoms with Gasteiger partial charge in [0, 0.05) is 32.0 Å². The van der Waals surface area contributed by atoms with Crippen molar-refractivity contribution >= 4 is 17.4 Å². The third-order valence-electron chi connectivity index (χ3n) is 2.72. The van der Waals surface area contributed by atoms with Gasteiger partial charge in [0.2, 0.25) is 0 Å². The lowest BCUT2D eigenvalue weighted by Crippen LogP contribution is -2.36. The van der Waals surface area contributed by atoms with E-state index in [-0.39, 0.29) is 6.03 Å². The molecule has 0 radical (unpaired) electrons. The van der Waals surface area contributed by atoms with Gasteiger partial charge in [-0.2, -0.15) is 0 Å². The highest BCUT2D eigenvalue weighted by atomic mass is 16.2. The van der Waals surface area contributed by atoms with E-state index in [9.17, 15) is 4.79 Å². The molecule has 0 saturated heterocycles. The number of benzene rings is 1. The molecule has 0 saturated carbocycles. The number of carbonyl (C=O) groups is 1. The Morgan fingerprint density at radius 1 is 1.40 bits per heavy atom. The van der Waals surface area contributed by atoms with Gasteiger partial charge in [0.05, 0.1) is 0 Å². The lowest BCUT2D eigenvalue weighted by Gasteiger charge is -2.16. The Hall–Kier alpha value is -1.71. The maximum absolute atomic E-state index is 11.5. The van der Waals surface area contributed by atoms with Gasteiger partial charge in [-0.15, -0.1) is 0 Å². The van der Waals surface area contributed by atoms with Crippen LogP contribution in [0.3, 0.4) is 0 Å². The monoisotopic (exact) mass is 205 g/mol. The molecule has 1 aliphatic heterocycles. The molecule has 0 spiro atoms. The Balaban J connectivity index is 2.32. The molecule has 1 aromatic rings. The second-order valence-corrected chi connectivity index (χ2v) is 3.55. The van der Waals surface area contributed by atoms with Crippen molar-refractivity contribution in [2.24, 2.45) is 0 Å². The second kappa shape index (κ2) is 3.81. The van der Waals surface area contributed by atoms with Crippen molar-refractivity contribution in [3.05, 3.63) is 23.8 Å². The van der Waals surface area contributed by atoms with Gasteiger partial charge < -0.3 is 10.6 Å². The molecule has 0 aliphatic carbocycles. The molecule has 0 bridgehead atoms. The summed E-state index contributed by atoms with van der Waals surface area (Å²) < 4.78 is 0. The predicted molar refractivity (Wildman–Crippen MR) is 61.5 cm³/mol. The van der Waals surface area contributed by atoms with Crippen LogP contribution in [0.1, 0.15) is 5.56 Å². The van der Waals surface area contributed by atoms with Gasteiger partial charge in [0.1, 0.15) is 0 Å². The number of urea groups is 1. The zero-order valence-electron chi connectivity index (χ0n) is 9.00. The maximum Gasteiger partial charge on any atom is 0.321 e. The fourth-order valence-electron chi connectivity index (χ4n) is 1.90. The van der Waals surface area contributed by atoms with E-state index in [2.05, 4.69) is 16.7 Å². The lowest BCUT2D eigenvalue weighted by atomic mass is 10.1. The molecule has 0 unspecified atom stereocenters. The molecule has 15 heavy (non-hydrogen) atoms. The van der Waals surface area contributed by atoms with E-state index in [1.807, 2.05) is 19.2 Å². The molecule has 4 heteroatoms. The normalized spacial score (nSPS) is 13.6. The van der Waals surface area contributed by atoms with Gasteiger partial charge in [0.15, 0.2) is 0 Å². The highest BCUT2D eigenvalue weighted by Crippen LogP contribution is 2.30. The van der Waals surface area contributed by atoms with Crippen LogP contribution in [0.15, 0.2) is 18.2 Å². The lowest BCUT2D eigenvalue weighted by molar-refractivity contribution is 0.248. The van der Waals surface area contributed by atoms with Crippen LogP contribution in [0, 0.1) is 0 Å². The molecule has 0 atom stereocenters. The Bertz CT molecular complexity index is 389. The maximum atomic E-state index is 11.5. The van der Waals surface area contributed by atoms with Crippen molar-refractivity contribution in [1.29, 1.82) is 0 Å². The Morgan fingerprint density at radius 3 is 2.87 bits per heavy atom. The molecule has 80 valence electrons. The number of carbonyl (C=O) groups excluding carboxylic acids is 1. The first kappa shape index (κ1) is 9.83. The highest BCUT2D eigenvalue weighted by molar-refractivity contribution is 5.94. The van der Waals surface area contributed by atoms with Crippen molar-refractivity contribution in [1.82, 2.24) is 5.32 Å². The highest BCUT2D eigenvalue weighted by Gasteiger charge is 2.23. The van der Waals surface area contributed by atoms with Crippen molar-refractivity contribution in [3.63, 3.8) is 0 Å². The minimum absolute atomic E-state index is 0.0362. The van der Waals surface area contributed by atoms with Crippen LogP contribution >= 0.6 is 0 Å². The Kier molecular flexibility index (Phi) is 2.49. The topological polar surface area (TPSA) is 44.4 Å². The number of nitrogens with zero attached hydrogens (tertiary/aromatic N) is 1. The van der Waals surface area contributed by atoms with Crippen LogP contribution in [-0.4, -0.2) is 26.7 Å². The first-order chi connectivity index (χ1) is 7.26. The smallest absolute Gasteiger partial charge is 0.321 e. The average molecular weight is 205 g/mol. The first-order valence-electron chi connectivity index (χ1n) is 5.06. The number of nitrogens with one attached hydrogen (secondary N) is 2. The van der Waals surface area contributed by atoms with Crippen molar-refractivity contribution in [2.45, 2.75) is 6.42 Å². The summed E-state index contributed by atoms with van der Waals surface area (Å²) in [5.41, 5.74) is 3.34. The number of amides is 2. The van der Waals surface area contributed by atoms with Crippen LogP contribution in [0.25, 0.3) is 0 Å². The zero-order valence-corrected chi connectivity index (χ0v) is 9.00. The van der Waals surface area contributed by atoms with Crippen LogP contribution in [0.5, 0.6) is 0 Å². The van der Waals surface area contributed by atoms with Crippen LogP contribution in [-0.2, 0) is 6.42 Å². The zero-order chi connectivity index (χ0) is 10.8. The fourth-order valence-corrected chi connectivity index (χ4v) is 1.90. The molecular formula is C11H15N3O. The summed E-state index contributed by atoms with van der Waals surface area (Å²) in [6.07, 6.45) is 0.929. The summed E-state index contributed by atoms with van der Waals surface area (Å²) in [6.45, 7) is 0.766. The van der Waals surface area contributed by atoms with Gasteiger partial charge in [0.25, 0.3) is 0 Å². The standard InChI is InChI=1S/C11H15N3O/c1-12-9-3-4-10-8(7-9)5-6-14(10)11(15)13-2/h3-4,7,12H,5-6H2,1-2H3,(H,13,15). The number of rotatable bonds is 1. The Morgan fingerprint density at radius 2 is 2.20 bits per heavy atom. The van der Waals surface area contributed by atoms with Gasteiger partial charge in [-0.05, 0) is 30.2 Å². The summed E-state index contributed by atoms with van der Waals surface area (Å²) in [5.74, 6) is 0. The quantitative estimate of drug-likeness (QED) is 0.728.